The second-order valence-electron chi connectivity index (χ2n) is 4.02. The Morgan fingerprint density at radius 1 is 1.08 bits per heavy atom. The Morgan fingerprint density at radius 3 is 2.42 bits per heavy atom. The molecule has 0 radical (unpaired) electrons. The smallest absolute Gasteiger partial charge is 0.379 e. The van der Waals surface area contributed by atoms with Crippen molar-refractivity contribution < 1.29 is 38.4 Å². The van der Waals surface area contributed by atoms with Gasteiger partial charge in [0.25, 0.3) is 5.78 Å². The Kier molecular flexibility index (Phi) is 8.33. The molecule has 1 aromatic rings. The summed E-state index contributed by atoms with van der Waals surface area (Å²) in [5.74, 6) is -1.88. The number of Topliss-reactive ketones (excluding diaryl/α,β-unsaturated/α-hetero) is 1. The number of hydrogen-bond acceptors (Lipinski definition) is 8. The summed E-state index contributed by atoms with van der Waals surface area (Å²) in [4.78, 5) is 43.1. The molecular formula is C16H16O8. The van der Waals surface area contributed by atoms with Gasteiger partial charge in [0.2, 0.25) is 0 Å². The molecule has 0 aliphatic carbocycles. The van der Waals surface area contributed by atoms with Crippen LogP contribution in [0.3, 0.4) is 0 Å². The second kappa shape index (κ2) is 10.6. The second-order valence-corrected chi connectivity index (χ2v) is 4.02. The minimum atomic E-state index is -1.01. The molecule has 0 spiro atoms. The van der Waals surface area contributed by atoms with Crippen molar-refractivity contribution in [2.24, 2.45) is 0 Å². The van der Waals surface area contributed by atoms with Crippen LogP contribution in [0.25, 0.3) is 0 Å². The molecule has 1 rings (SSSR count). The van der Waals surface area contributed by atoms with E-state index >= 15 is 0 Å². The number of carbonyl (C=O) groups excluding carboxylic acids is 3. The van der Waals surface area contributed by atoms with Gasteiger partial charge < -0.3 is 19.1 Å². The van der Waals surface area contributed by atoms with Crippen LogP contribution in [0.5, 0.6) is 5.75 Å². The molecule has 0 saturated carbocycles. The zero-order valence-electron chi connectivity index (χ0n) is 12.9. The van der Waals surface area contributed by atoms with Gasteiger partial charge in [-0.15, -0.1) is 0 Å². The molecule has 0 aliphatic heterocycles. The first-order valence-electron chi connectivity index (χ1n) is 6.70. The molecule has 0 atom stereocenters. The van der Waals surface area contributed by atoms with E-state index in [1.54, 1.807) is 12.1 Å². The summed E-state index contributed by atoms with van der Waals surface area (Å²) in [6.07, 6.45) is 2.89. The Morgan fingerprint density at radius 2 is 1.79 bits per heavy atom. The highest BCUT2D eigenvalue weighted by Gasteiger charge is 2.17. The number of ether oxygens (including phenoxy) is 3. The molecule has 0 aliphatic rings. The molecule has 0 heterocycles. The molecule has 128 valence electrons. The van der Waals surface area contributed by atoms with E-state index in [1.165, 1.54) is 19.2 Å². The van der Waals surface area contributed by atoms with Gasteiger partial charge in [-0.25, -0.2) is 9.59 Å². The highest BCUT2D eigenvalue weighted by Crippen LogP contribution is 2.12. The van der Waals surface area contributed by atoms with E-state index in [9.17, 15) is 14.4 Å². The van der Waals surface area contributed by atoms with Crippen molar-refractivity contribution in [2.45, 2.75) is 0 Å². The van der Waals surface area contributed by atoms with Gasteiger partial charge in [0, 0.05) is 11.6 Å². The third-order valence-corrected chi connectivity index (χ3v) is 2.47. The van der Waals surface area contributed by atoms with Gasteiger partial charge in [-0.2, -0.15) is 4.89 Å². The molecule has 0 fully saturated rings. The van der Waals surface area contributed by atoms with E-state index in [1.807, 2.05) is 0 Å². The largest absolute Gasteiger partial charge is 0.497 e. The van der Waals surface area contributed by atoms with E-state index in [4.69, 9.17) is 9.47 Å². The minimum absolute atomic E-state index is 0.124. The van der Waals surface area contributed by atoms with Crippen LogP contribution < -0.4 is 4.74 Å². The van der Waals surface area contributed by atoms with Crippen molar-refractivity contribution in [3.8, 4) is 5.75 Å². The summed E-state index contributed by atoms with van der Waals surface area (Å²) in [5.41, 5.74) is 0.185. The molecule has 0 saturated heterocycles. The maximum atomic E-state index is 11.8. The molecule has 8 heteroatoms. The number of carbonyl (C=O) groups is 3. The van der Waals surface area contributed by atoms with Crippen molar-refractivity contribution in [1.82, 2.24) is 0 Å². The van der Waals surface area contributed by atoms with E-state index in [0.29, 0.717) is 5.75 Å². The van der Waals surface area contributed by atoms with Gasteiger partial charge in [0.15, 0.2) is 6.26 Å². The van der Waals surface area contributed by atoms with Crippen molar-refractivity contribution in [2.75, 3.05) is 20.3 Å². The first kappa shape index (κ1) is 18.9. The maximum Gasteiger partial charge on any atom is 0.379 e. The summed E-state index contributed by atoms with van der Waals surface area (Å²) in [5, 5.41) is 0. The predicted octanol–water partition coefficient (Wildman–Crippen LogP) is 1.57. The third kappa shape index (κ3) is 6.75. The van der Waals surface area contributed by atoms with Crippen LogP contribution in [-0.2, 0) is 28.8 Å². The lowest BCUT2D eigenvalue weighted by Gasteiger charge is -2.04. The Bertz CT molecular complexity index is 603. The molecule has 24 heavy (non-hydrogen) atoms. The molecule has 0 aromatic heterocycles. The predicted molar refractivity (Wildman–Crippen MR) is 80.7 cm³/mol. The van der Waals surface area contributed by atoms with Crippen LogP contribution in [-0.4, -0.2) is 38.0 Å². The summed E-state index contributed by atoms with van der Waals surface area (Å²) in [7, 11) is 1.49. The number of hydrogen-bond donors (Lipinski definition) is 0. The third-order valence-electron chi connectivity index (χ3n) is 2.47. The van der Waals surface area contributed by atoms with Crippen molar-refractivity contribution in [1.29, 1.82) is 0 Å². The van der Waals surface area contributed by atoms with Gasteiger partial charge in [0.05, 0.1) is 7.11 Å². The Hall–Kier alpha value is -3.13. The topological polar surface area (TPSA) is 97.4 Å². The fourth-order valence-corrected chi connectivity index (χ4v) is 1.35. The van der Waals surface area contributed by atoms with E-state index in [0.717, 1.165) is 18.6 Å². The average Bonchev–Trinajstić information content (AvgIpc) is 2.62. The van der Waals surface area contributed by atoms with Gasteiger partial charge >= 0.3 is 11.9 Å². The Balaban J connectivity index is 2.22. The van der Waals surface area contributed by atoms with Crippen molar-refractivity contribution in [3.63, 3.8) is 0 Å². The van der Waals surface area contributed by atoms with Crippen LogP contribution in [0.2, 0.25) is 0 Å². The normalized spacial score (nSPS) is 10.0. The van der Waals surface area contributed by atoms with Crippen LogP contribution in [0.15, 0.2) is 49.4 Å². The highest BCUT2D eigenvalue weighted by molar-refractivity contribution is 6.40. The SMILES string of the molecule is C=CC(=O)OC=COOCCOC(=O)C(=O)c1ccc(OC)cc1. The van der Waals surface area contributed by atoms with Crippen molar-refractivity contribution in [3.05, 3.63) is 55.0 Å². The zero-order valence-corrected chi connectivity index (χ0v) is 12.9. The molecule has 0 bridgehead atoms. The fraction of sp³-hybridized carbons (Fsp3) is 0.188. The zero-order chi connectivity index (χ0) is 17.8. The van der Waals surface area contributed by atoms with Crippen LogP contribution in [0.4, 0.5) is 0 Å². The fourth-order valence-electron chi connectivity index (χ4n) is 1.35. The Labute approximate surface area is 138 Å². The molecule has 0 N–H and O–H groups in total. The van der Waals surface area contributed by atoms with Crippen LogP contribution >= 0.6 is 0 Å². The van der Waals surface area contributed by atoms with Gasteiger partial charge in [0.1, 0.15) is 25.2 Å². The van der Waals surface area contributed by atoms with E-state index in [-0.39, 0.29) is 18.8 Å². The van der Waals surface area contributed by atoms with Gasteiger partial charge in [-0.1, -0.05) is 6.58 Å². The lowest BCUT2D eigenvalue weighted by Crippen LogP contribution is -2.19. The van der Waals surface area contributed by atoms with Gasteiger partial charge in [-0.3, -0.25) is 4.79 Å². The number of benzene rings is 1. The number of ketones is 1. The van der Waals surface area contributed by atoms with Crippen LogP contribution in [0.1, 0.15) is 10.4 Å². The summed E-state index contributed by atoms with van der Waals surface area (Å²) < 4.78 is 14.1. The number of esters is 2. The maximum absolute atomic E-state index is 11.8. The standard InChI is InChI=1S/C16H16O8/c1-3-14(17)21-8-10-23-24-11-9-22-16(19)15(18)12-4-6-13(20-2)7-5-12/h3-8,10H,1,9,11H2,2H3. The van der Waals surface area contributed by atoms with Crippen LogP contribution in [0, 0.1) is 0 Å². The molecule has 0 amide bonds. The molecular weight excluding hydrogens is 320 g/mol. The first-order chi connectivity index (χ1) is 11.6. The molecule has 8 nitrogen and oxygen atoms in total. The van der Waals surface area contributed by atoms with E-state index in [2.05, 4.69) is 21.1 Å². The number of methoxy groups -OCH3 is 1. The quantitative estimate of drug-likeness (QED) is 0.0928. The lowest BCUT2D eigenvalue weighted by atomic mass is 10.1. The summed E-state index contributed by atoms with van der Waals surface area (Å²) in [6, 6.07) is 6.03. The number of rotatable bonds is 10. The summed E-state index contributed by atoms with van der Waals surface area (Å²) in [6.45, 7) is 2.88. The van der Waals surface area contributed by atoms with Crippen molar-refractivity contribution >= 4 is 17.7 Å². The van der Waals surface area contributed by atoms with E-state index < -0.39 is 17.7 Å². The lowest BCUT2D eigenvalue weighted by molar-refractivity contribution is -0.255. The average molecular weight is 336 g/mol. The monoisotopic (exact) mass is 336 g/mol. The molecule has 1 aromatic carbocycles. The molecule has 0 unspecified atom stereocenters. The minimum Gasteiger partial charge on any atom is -0.497 e. The first-order valence-corrected chi connectivity index (χ1v) is 6.70. The highest BCUT2D eigenvalue weighted by atomic mass is 17.2. The summed E-state index contributed by atoms with van der Waals surface area (Å²) >= 11 is 0. The van der Waals surface area contributed by atoms with Gasteiger partial charge in [-0.05, 0) is 24.3 Å².